The lowest BCUT2D eigenvalue weighted by atomic mass is 10.1. The van der Waals surface area contributed by atoms with Gasteiger partial charge in [0.25, 0.3) is 0 Å². The fourth-order valence-corrected chi connectivity index (χ4v) is 2.73. The van der Waals surface area contributed by atoms with Gasteiger partial charge in [0.1, 0.15) is 0 Å². The smallest absolute Gasteiger partial charge is 0.0473 e. The van der Waals surface area contributed by atoms with Crippen LogP contribution in [0, 0.1) is 0 Å². The Hall–Kier alpha value is -0.380. The molecule has 2 nitrogen and oxygen atoms in total. The minimum Gasteiger partial charge on any atom is -0.329 e. The highest BCUT2D eigenvalue weighted by atomic mass is 79.9. The van der Waals surface area contributed by atoms with Gasteiger partial charge < -0.3 is 5.73 Å². The normalized spacial score (nSPS) is 17.8. The van der Waals surface area contributed by atoms with Crippen LogP contribution < -0.4 is 5.73 Å². The average Bonchev–Trinajstić information content (AvgIpc) is 3.09. The van der Waals surface area contributed by atoms with Crippen LogP contribution in [-0.4, -0.2) is 24.0 Å². The molecule has 0 spiro atoms. The van der Waals surface area contributed by atoms with E-state index >= 15 is 0 Å². The number of nitrogens with two attached hydrogens (primary N) is 1. The standard InChI is InChI=1S/C13H19BrN2/c1-2-16(12-6-7-12)13(9-15)10-4-3-5-11(14)8-10/h3-5,8,12-13H,2,6-7,9,15H2,1H3. The molecule has 0 saturated heterocycles. The molecule has 1 atom stereocenters. The van der Waals surface area contributed by atoms with E-state index in [1.54, 1.807) is 0 Å². The maximum Gasteiger partial charge on any atom is 0.0473 e. The van der Waals surface area contributed by atoms with Crippen LogP contribution in [0.4, 0.5) is 0 Å². The van der Waals surface area contributed by atoms with Gasteiger partial charge in [-0.1, -0.05) is 35.0 Å². The van der Waals surface area contributed by atoms with E-state index < -0.39 is 0 Å². The maximum absolute atomic E-state index is 5.94. The van der Waals surface area contributed by atoms with E-state index in [1.165, 1.54) is 18.4 Å². The van der Waals surface area contributed by atoms with Crippen molar-refractivity contribution in [2.75, 3.05) is 13.1 Å². The molecule has 0 radical (unpaired) electrons. The van der Waals surface area contributed by atoms with Gasteiger partial charge in [-0.2, -0.15) is 0 Å². The predicted molar refractivity (Wildman–Crippen MR) is 71.3 cm³/mol. The van der Waals surface area contributed by atoms with Crippen LogP contribution in [0.25, 0.3) is 0 Å². The fraction of sp³-hybridized carbons (Fsp3) is 0.538. The molecule has 1 fully saturated rings. The summed E-state index contributed by atoms with van der Waals surface area (Å²) in [7, 11) is 0. The third kappa shape index (κ3) is 2.65. The van der Waals surface area contributed by atoms with Gasteiger partial charge in [-0.05, 0) is 37.1 Å². The highest BCUT2D eigenvalue weighted by Crippen LogP contribution is 2.34. The van der Waals surface area contributed by atoms with Crippen molar-refractivity contribution >= 4 is 15.9 Å². The second kappa shape index (κ2) is 5.30. The van der Waals surface area contributed by atoms with Crippen LogP contribution in [0.5, 0.6) is 0 Å². The SMILES string of the molecule is CCN(C1CC1)C(CN)c1cccc(Br)c1. The third-order valence-electron chi connectivity index (χ3n) is 3.24. The van der Waals surface area contributed by atoms with Crippen LogP contribution in [-0.2, 0) is 0 Å². The van der Waals surface area contributed by atoms with Crippen LogP contribution in [0.3, 0.4) is 0 Å². The third-order valence-corrected chi connectivity index (χ3v) is 3.73. The van der Waals surface area contributed by atoms with Gasteiger partial charge in [0.15, 0.2) is 0 Å². The monoisotopic (exact) mass is 282 g/mol. The molecule has 2 N–H and O–H groups in total. The number of rotatable bonds is 5. The van der Waals surface area contributed by atoms with E-state index in [4.69, 9.17) is 5.73 Å². The summed E-state index contributed by atoms with van der Waals surface area (Å²) >= 11 is 3.52. The Labute approximate surface area is 106 Å². The van der Waals surface area contributed by atoms with Gasteiger partial charge in [-0.25, -0.2) is 0 Å². The Morgan fingerprint density at radius 3 is 2.75 bits per heavy atom. The molecular formula is C13H19BrN2. The first-order chi connectivity index (χ1) is 7.76. The Bertz CT molecular complexity index is 350. The Morgan fingerprint density at radius 1 is 1.50 bits per heavy atom. The topological polar surface area (TPSA) is 29.3 Å². The summed E-state index contributed by atoms with van der Waals surface area (Å²) in [6.07, 6.45) is 2.66. The van der Waals surface area contributed by atoms with Crippen molar-refractivity contribution in [3.63, 3.8) is 0 Å². The van der Waals surface area contributed by atoms with E-state index in [1.807, 2.05) is 0 Å². The average molecular weight is 283 g/mol. The Balaban J connectivity index is 2.20. The summed E-state index contributed by atoms with van der Waals surface area (Å²) in [6.45, 7) is 4.00. The molecule has 2 rings (SSSR count). The molecule has 1 saturated carbocycles. The second-order valence-electron chi connectivity index (χ2n) is 4.37. The first-order valence-corrected chi connectivity index (χ1v) is 6.76. The summed E-state index contributed by atoms with van der Waals surface area (Å²) in [6, 6.07) is 9.64. The minimum atomic E-state index is 0.370. The van der Waals surface area contributed by atoms with E-state index in [9.17, 15) is 0 Å². The van der Waals surface area contributed by atoms with Crippen molar-refractivity contribution in [2.24, 2.45) is 5.73 Å². The van der Waals surface area contributed by atoms with Crippen molar-refractivity contribution in [1.82, 2.24) is 4.90 Å². The summed E-state index contributed by atoms with van der Waals surface area (Å²) in [5, 5.41) is 0. The van der Waals surface area contributed by atoms with Crippen molar-refractivity contribution in [2.45, 2.75) is 31.8 Å². The maximum atomic E-state index is 5.94. The molecular weight excluding hydrogens is 264 g/mol. The van der Waals surface area contributed by atoms with E-state index in [0.717, 1.165) is 17.1 Å². The first-order valence-electron chi connectivity index (χ1n) is 5.97. The molecule has 0 aliphatic heterocycles. The van der Waals surface area contributed by atoms with Gasteiger partial charge in [0.05, 0.1) is 0 Å². The number of benzene rings is 1. The molecule has 1 aliphatic rings. The molecule has 1 aliphatic carbocycles. The molecule has 16 heavy (non-hydrogen) atoms. The lowest BCUT2D eigenvalue weighted by molar-refractivity contribution is 0.202. The molecule has 3 heteroatoms. The summed E-state index contributed by atoms with van der Waals surface area (Å²) in [5.74, 6) is 0. The minimum absolute atomic E-state index is 0.370. The van der Waals surface area contributed by atoms with Gasteiger partial charge in [0, 0.05) is 23.1 Å². The van der Waals surface area contributed by atoms with E-state index in [-0.39, 0.29) is 0 Å². The van der Waals surface area contributed by atoms with Crippen molar-refractivity contribution in [1.29, 1.82) is 0 Å². The highest BCUT2D eigenvalue weighted by molar-refractivity contribution is 9.10. The number of hydrogen-bond donors (Lipinski definition) is 1. The second-order valence-corrected chi connectivity index (χ2v) is 5.28. The number of halogens is 1. The zero-order chi connectivity index (χ0) is 11.5. The van der Waals surface area contributed by atoms with Crippen LogP contribution in [0.1, 0.15) is 31.4 Å². The molecule has 0 bridgehead atoms. The summed E-state index contributed by atoms with van der Waals surface area (Å²) < 4.78 is 1.13. The lowest BCUT2D eigenvalue weighted by Crippen LogP contribution is -2.35. The number of hydrogen-bond acceptors (Lipinski definition) is 2. The zero-order valence-corrected chi connectivity index (χ0v) is 11.3. The lowest BCUT2D eigenvalue weighted by Gasteiger charge is -2.30. The molecule has 0 amide bonds. The number of nitrogens with zero attached hydrogens (tertiary/aromatic N) is 1. The van der Waals surface area contributed by atoms with Crippen LogP contribution >= 0.6 is 15.9 Å². The van der Waals surface area contributed by atoms with Crippen LogP contribution in [0.15, 0.2) is 28.7 Å². The fourth-order valence-electron chi connectivity index (χ4n) is 2.32. The molecule has 0 aromatic heterocycles. The van der Waals surface area contributed by atoms with Crippen molar-refractivity contribution in [3.8, 4) is 0 Å². The van der Waals surface area contributed by atoms with E-state index in [2.05, 4.69) is 52.0 Å². The molecule has 1 unspecified atom stereocenters. The molecule has 0 heterocycles. The van der Waals surface area contributed by atoms with Crippen molar-refractivity contribution < 1.29 is 0 Å². The highest BCUT2D eigenvalue weighted by Gasteiger charge is 2.32. The quantitative estimate of drug-likeness (QED) is 0.900. The summed E-state index contributed by atoms with van der Waals surface area (Å²) in [5.41, 5.74) is 7.26. The van der Waals surface area contributed by atoms with Gasteiger partial charge in [-0.15, -0.1) is 0 Å². The molecule has 1 aromatic rings. The molecule has 88 valence electrons. The Kier molecular flexibility index (Phi) is 4.00. The van der Waals surface area contributed by atoms with Gasteiger partial charge >= 0.3 is 0 Å². The van der Waals surface area contributed by atoms with Gasteiger partial charge in [0.2, 0.25) is 0 Å². The first kappa shape index (κ1) is 12.1. The summed E-state index contributed by atoms with van der Waals surface area (Å²) in [4.78, 5) is 2.53. The largest absolute Gasteiger partial charge is 0.329 e. The van der Waals surface area contributed by atoms with Crippen LogP contribution in [0.2, 0.25) is 0 Å². The van der Waals surface area contributed by atoms with E-state index in [0.29, 0.717) is 12.6 Å². The predicted octanol–water partition coefficient (Wildman–Crippen LogP) is 2.93. The molecule has 1 aromatic carbocycles. The number of likely N-dealkylation sites (N-methyl/N-ethyl adjacent to an activating group) is 1. The van der Waals surface area contributed by atoms with Gasteiger partial charge in [-0.3, -0.25) is 4.90 Å². The van der Waals surface area contributed by atoms with Crippen molar-refractivity contribution in [3.05, 3.63) is 34.3 Å². The Morgan fingerprint density at radius 2 is 2.25 bits per heavy atom. The zero-order valence-electron chi connectivity index (χ0n) is 9.70.